The van der Waals surface area contributed by atoms with Crippen molar-refractivity contribution < 1.29 is 9.47 Å². The first-order chi connectivity index (χ1) is 14.8. The Balaban J connectivity index is 1.57. The van der Waals surface area contributed by atoms with Crippen LogP contribution >= 0.6 is 0 Å². The highest BCUT2D eigenvalue weighted by Gasteiger charge is 2.12. The predicted octanol–water partition coefficient (Wildman–Crippen LogP) is 3.67. The van der Waals surface area contributed by atoms with Crippen molar-refractivity contribution in [1.29, 1.82) is 0 Å². The summed E-state index contributed by atoms with van der Waals surface area (Å²) in [6.45, 7) is 6.94. The van der Waals surface area contributed by atoms with E-state index >= 15 is 0 Å². The zero-order chi connectivity index (χ0) is 21.0. The number of aliphatic imine (C=N–C) groups is 1. The van der Waals surface area contributed by atoms with Crippen LogP contribution in [-0.2, 0) is 11.3 Å². The number of benzene rings is 1. The van der Waals surface area contributed by atoms with E-state index in [9.17, 15) is 0 Å². The highest BCUT2D eigenvalue weighted by atomic mass is 16.5. The van der Waals surface area contributed by atoms with Crippen LogP contribution < -0.4 is 20.3 Å². The Morgan fingerprint density at radius 2 is 2.03 bits per heavy atom. The molecule has 7 nitrogen and oxygen atoms in total. The Morgan fingerprint density at radius 3 is 2.77 bits per heavy atom. The molecule has 0 unspecified atom stereocenters. The standard InChI is InChI=1S/C23H33N5O2/c1-3-24-23(27-20-8-6-9-21(16-20)30-15-7-14-29-2)26-18-19-10-11-22(25-17-19)28-12-4-5-13-28/h6,8-11,16-17H,3-5,7,12-15,18H2,1-2H3,(H2,24,26,27). The molecule has 1 aliphatic rings. The molecule has 1 aromatic heterocycles. The van der Waals surface area contributed by atoms with Crippen molar-refractivity contribution in [2.24, 2.45) is 4.99 Å². The molecule has 0 aliphatic carbocycles. The summed E-state index contributed by atoms with van der Waals surface area (Å²) in [5.41, 5.74) is 2.02. The second-order valence-corrected chi connectivity index (χ2v) is 7.26. The molecule has 3 rings (SSSR count). The largest absolute Gasteiger partial charge is 0.493 e. The Labute approximate surface area is 179 Å². The number of rotatable bonds is 10. The summed E-state index contributed by atoms with van der Waals surface area (Å²) in [7, 11) is 1.70. The third-order valence-corrected chi connectivity index (χ3v) is 4.86. The molecule has 0 spiro atoms. The molecule has 162 valence electrons. The maximum absolute atomic E-state index is 5.78. The number of hydrogen-bond acceptors (Lipinski definition) is 5. The van der Waals surface area contributed by atoms with Gasteiger partial charge >= 0.3 is 0 Å². The summed E-state index contributed by atoms with van der Waals surface area (Å²) in [6.07, 6.45) is 5.30. The second-order valence-electron chi connectivity index (χ2n) is 7.26. The van der Waals surface area contributed by atoms with Gasteiger partial charge in [0.25, 0.3) is 0 Å². The molecule has 1 saturated heterocycles. The van der Waals surface area contributed by atoms with E-state index in [2.05, 4.69) is 39.6 Å². The molecule has 2 N–H and O–H groups in total. The monoisotopic (exact) mass is 411 g/mol. The third kappa shape index (κ3) is 6.91. The first kappa shape index (κ1) is 21.9. The maximum Gasteiger partial charge on any atom is 0.196 e. The van der Waals surface area contributed by atoms with Crippen LogP contribution in [0.25, 0.3) is 0 Å². The number of guanidine groups is 1. The Hall–Kier alpha value is -2.80. The molecular formula is C23H33N5O2. The average molecular weight is 412 g/mol. The van der Waals surface area contributed by atoms with E-state index in [0.717, 1.165) is 54.8 Å². The van der Waals surface area contributed by atoms with E-state index < -0.39 is 0 Å². The minimum Gasteiger partial charge on any atom is -0.493 e. The van der Waals surface area contributed by atoms with Crippen molar-refractivity contribution in [2.45, 2.75) is 32.7 Å². The lowest BCUT2D eigenvalue weighted by Gasteiger charge is -2.16. The summed E-state index contributed by atoms with van der Waals surface area (Å²) in [6, 6.07) is 12.1. The highest BCUT2D eigenvalue weighted by Crippen LogP contribution is 2.19. The number of hydrogen-bond donors (Lipinski definition) is 2. The lowest BCUT2D eigenvalue weighted by molar-refractivity contribution is 0.172. The van der Waals surface area contributed by atoms with Crippen molar-refractivity contribution in [3.05, 3.63) is 48.2 Å². The number of aromatic nitrogens is 1. The molecular weight excluding hydrogens is 378 g/mol. The molecule has 1 aliphatic heterocycles. The molecule has 0 radical (unpaired) electrons. The van der Waals surface area contributed by atoms with Gasteiger partial charge in [-0.2, -0.15) is 0 Å². The Bertz CT molecular complexity index is 788. The quantitative estimate of drug-likeness (QED) is 0.353. The number of nitrogens with zero attached hydrogens (tertiary/aromatic N) is 3. The van der Waals surface area contributed by atoms with Gasteiger partial charge in [0.1, 0.15) is 11.6 Å². The van der Waals surface area contributed by atoms with E-state index in [1.807, 2.05) is 30.5 Å². The first-order valence-electron chi connectivity index (χ1n) is 10.8. The van der Waals surface area contributed by atoms with Gasteiger partial charge < -0.3 is 25.0 Å². The lowest BCUT2D eigenvalue weighted by atomic mass is 10.3. The molecule has 0 atom stereocenters. The van der Waals surface area contributed by atoms with Crippen LogP contribution in [0.3, 0.4) is 0 Å². The van der Waals surface area contributed by atoms with Crippen LogP contribution in [0.4, 0.5) is 11.5 Å². The molecule has 1 fully saturated rings. The van der Waals surface area contributed by atoms with E-state index in [0.29, 0.717) is 19.8 Å². The van der Waals surface area contributed by atoms with Crippen molar-refractivity contribution >= 4 is 17.5 Å². The average Bonchev–Trinajstić information content (AvgIpc) is 3.31. The summed E-state index contributed by atoms with van der Waals surface area (Å²) in [4.78, 5) is 11.7. The Kier molecular flexibility index (Phi) is 8.78. The number of nitrogens with one attached hydrogen (secondary N) is 2. The van der Waals surface area contributed by atoms with Crippen LogP contribution in [0.2, 0.25) is 0 Å². The van der Waals surface area contributed by atoms with Crippen LogP contribution in [0.1, 0.15) is 31.7 Å². The molecule has 1 aromatic carbocycles. The molecule has 30 heavy (non-hydrogen) atoms. The van der Waals surface area contributed by atoms with Crippen molar-refractivity contribution in [1.82, 2.24) is 10.3 Å². The van der Waals surface area contributed by atoms with E-state index in [1.54, 1.807) is 7.11 Å². The van der Waals surface area contributed by atoms with E-state index in [-0.39, 0.29) is 0 Å². The fourth-order valence-corrected chi connectivity index (χ4v) is 3.31. The minimum atomic E-state index is 0.565. The van der Waals surface area contributed by atoms with Gasteiger partial charge in [-0.25, -0.2) is 9.98 Å². The SMILES string of the molecule is CCNC(=NCc1ccc(N2CCCC2)nc1)Nc1cccc(OCCCOC)c1. The van der Waals surface area contributed by atoms with Gasteiger partial charge in [-0.1, -0.05) is 12.1 Å². The molecule has 0 saturated carbocycles. The van der Waals surface area contributed by atoms with Gasteiger partial charge in [-0.15, -0.1) is 0 Å². The smallest absolute Gasteiger partial charge is 0.196 e. The molecule has 2 aromatic rings. The fraction of sp³-hybridized carbons (Fsp3) is 0.478. The molecule has 0 amide bonds. The fourth-order valence-electron chi connectivity index (χ4n) is 3.31. The number of methoxy groups -OCH3 is 1. The minimum absolute atomic E-state index is 0.565. The maximum atomic E-state index is 5.78. The predicted molar refractivity (Wildman–Crippen MR) is 123 cm³/mol. The van der Waals surface area contributed by atoms with E-state index in [4.69, 9.17) is 14.5 Å². The van der Waals surface area contributed by atoms with Crippen LogP contribution in [0, 0.1) is 0 Å². The van der Waals surface area contributed by atoms with Crippen molar-refractivity contribution in [3.63, 3.8) is 0 Å². The zero-order valence-corrected chi connectivity index (χ0v) is 18.1. The molecule has 0 bridgehead atoms. The summed E-state index contributed by atoms with van der Waals surface area (Å²) in [5.74, 6) is 2.62. The van der Waals surface area contributed by atoms with Gasteiger partial charge in [-0.05, 0) is 43.5 Å². The molecule has 7 heteroatoms. The van der Waals surface area contributed by atoms with Gasteiger partial charge in [0.2, 0.25) is 0 Å². The van der Waals surface area contributed by atoms with Crippen molar-refractivity contribution in [2.75, 3.05) is 50.2 Å². The summed E-state index contributed by atoms with van der Waals surface area (Å²) < 4.78 is 10.8. The summed E-state index contributed by atoms with van der Waals surface area (Å²) in [5, 5.41) is 6.64. The van der Waals surface area contributed by atoms with Crippen LogP contribution in [-0.4, -0.2) is 50.9 Å². The van der Waals surface area contributed by atoms with Gasteiger partial charge in [-0.3, -0.25) is 0 Å². The lowest BCUT2D eigenvalue weighted by Crippen LogP contribution is -2.30. The van der Waals surface area contributed by atoms with Gasteiger partial charge in [0.05, 0.1) is 13.2 Å². The molecule has 2 heterocycles. The van der Waals surface area contributed by atoms with E-state index in [1.165, 1.54) is 12.8 Å². The number of anilines is 2. The second kappa shape index (κ2) is 12.0. The highest BCUT2D eigenvalue weighted by molar-refractivity contribution is 5.93. The zero-order valence-electron chi connectivity index (χ0n) is 18.1. The van der Waals surface area contributed by atoms with Crippen molar-refractivity contribution in [3.8, 4) is 5.75 Å². The third-order valence-electron chi connectivity index (χ3n) is 4.86. The summed E-state index contributed by atoms with van der Waals surface area (Å²) >= 11 is 0. The number of pyridine rings is 1. The van der Waals surface area contributed by atoms with Gasteiger partial charge in [0, 0.05) is 57.7 Å². The first-order valence-corrected chi connectivity index (χ1v) is 10.8. The number of ether oxygens (including phenoxy) is 2. The Morgan fingerprint density at radius 1 is 1.17 bits per heavy atom. The van der Waals surface area contributed by atoms with Gasteiger partial charge in [0.15, 0.2) is 5.96 Å². The topological polar surface area (TPSA) is 71.0 Å². The normalized spacial score (nSPS) is 14.1. The van der Waals surface area contributed by atoms with Crippen LogP contribution in [0.5, 0.6) is 5.75 Å². The van der Waals surface area contributed by atoms with Crippen LogP contribution in [0.15, 0.2) is 47.6 Å².